The standard InChI is InChI=1S/C16H27N3O/c1-13(2)14-7-6-10-19(14)11-15(20)18-16(12-17)8-4-3-5-9-16/h13-14H,3-11H2,1-2H3,(H,18,20). The summed E-state index contributed by atoms with van der Waals surface area (Å²) in [6, 6.07) is 2.88. The Morgan fingerprint density at radius 1 is 1.35 bits per heavy atom. The van der Waals surface area contributed by atoms with Crippen molar-refractivity contribution in [2.45, 2.75) is 70.4 Å². The Kier molecular flexibility index (Phi) is 5.04. The van der Waals surface area contributed by atoms with E-state index in [1.165, 1.54) is 19.3 Å². The Hall–Kier alpha value is -1.08. The number of nitriles is 1. The molecule has 1 amide bonds. The molecule has 0 aromatic rings. The Balaban J connectivity index is 1.90. The van der Waals surface area contributed by atoms with Crippen molar-refractivity contribution < 1.29 is 4.79 Å². The van der Waals surface area contributed by atoms with Crippen molar-refractivity contribution in [2.24, 2.45) is 5.92 Å². The third-order valence-corrected chi connectivity index (χ3v) is 4.83. The van der Waals surface area contributed by atoms with Crippen molar-refractivity contribution >= 4 is 5.91 Å². The number of carbonyl (C=O) groups excluding carboxylic acids is 1. The lowest BCUT2D eigenvalue weighted by Gasteiger charge is -2.33. The third kappa shape index (κ3) is 3.52. The highest BCUT2D eigenvalue weighted by Crippen LogP contribution is 2.28. The normalized spacial score (nSPS) is 26.4. The second kappa shape index (κ2) is 6.58. The van der Waals surface area contributed by atoms with Gasteiger partial charge in [0.15, 0.2) is 0 Å². The van der Waals surface area contributed by atoms with E-state index in [-0.39, 0.29) is 5.91 Å². The number of nitrogens with one attached hydrogen (secondary N) is 1. The van der Waals surface area contributed by atoms with Gasteiger partial charge in [-0.05, 0) is 38.1 Å². The Morgan fingerprint density at radius 3 is 2.65 bits per heavy atom. The maximum absolute atomic E-state index is 12.3. The highest BCUT2D eigenvalue weighted by Gasteiger charge is 2.35. The van der Waals surface area contributed by atoms with Gasteiger partial charge in [-0.25, -0.2) is 0 Å². The summed E-state index contributed by atoms with van der Waals surface area (Å²) in [7, 11) is 0. The maximum Gasteiger partial charge on any atom is 0.235 e. The van der Waals surface area contributed by atoms with Crippen LogP contribution < -0.4 is 5.32 Å². The lowest BCUT2D eigenvalue weighted by Crippen LogP contribution is -2.52. The SMILES string of the molecule is CC(C)C1CCCN1CC(=O)NC1(C#N)CCCCC1. The number of carbonyl (C=O) groups is 1. The molecule has 2 aliphatic rings. The molecular weight excluding hydrogens is 250 g/mol. The van der Waals surface area contributed by atoms with Crippen LogP contribution in [0.2, 0.25) is 0 Å². The highest BCUT2D eigenvalue weighted by molar-refractivity contribution is 5.79. The molecule has 0 radical (unpaired) electrons. The van der Waals surface area contributed by atoms with Gasteiger partial charge in [0.05, 0.1) is 12.6 Å². The molecule has 0 spiro atoms. The van der Waals surface area contributed by atoms with Crippen LogP contribution in [0.4, 0.5) is 0 Å². The number of likely N-dealkylation sites (tertiary alicyclic amines) is 1. The van der Waals surface area contributed by atoms with Crippen molar-refractivity contribution in [2.75, 3.05) is 13.1 Å². The Morgan fingerprint density at radius 2 is 2.05 bits per heavy atom. The van der Waals surface area contributed by atoms with Gasteiger partial charge in [-0.3, -0.25) is 9.69 Å². The van der Waals surface area contributed by atoms with E-state index in [9.17, 15) is 10.1 Å². The highest BCUT2D eigenvalue weighted by atomic mass is 16.2. The number of hydrogen-bond acceptors (Lipinski definition) is 3. The molecule has 1 atom stereocenters. The summed E-state index contributed by atoms with van der Waals surface area (Å²) in [4.78, 5) is 14.6. The summed E-state index contributed by atoms with van der Waals surface area (Å²) in [6.07, 6.45) is 7.26. The summed E-state index contributed by atoms with van der Waals surface area (Å²) >= 11 is 0. The van der Waals surface area contributed by atoms with Crippen LogP contribution in [0.3, 0.4) is 0 Å². The fourth-order valence-electron chi connectivity index (χ4n) is 3.71. The first-order valence-corrected chi connectivity index (χ1v) is 8.03. The van der Waals surface area contributed by atoms with Crippen LogP contribution >= 0.6 is 0 Å². The van der Waals surface area contributed by atoms with Crippen LogP contribution in [0.25, 0.3) is 0 Å². The molecule has 1 aliphatic carbocycles. The molecule has 0 aromatic heterocycles. The van der Waals surface area contributed by atoms with E-state index < -0.39 is 5.54 Å². The van der Waals surface area contributed by atoms with Gasteiger partial charge in [-0.15, -0.1) is 0 Å². The largest absolute Gasteiger partial charge is 0.337 e. The first kappa shape index (κ1) is 15.3. The Labute approximate surface area is 122 Å². The summed E-state index contributed by atoms with van der Waals surface area (Å²) in [6.45, 7) is 5.90. The van der Waals surface area contributed by atoms with Gasteiger partial charge in [0, 0.05) is 6.04 Å². The van der Waals surface area contributed by atoms with Crippen molar-refractivity contribution in [1.82, 2.24) is 10.2 Å². The molecule has 1 saturated heterocycles. The quantitative estimate of drug-likeness (QED) is 0.858. The van der Waals surface area contributed by atoms with Crippen LogP contribution in [0.15, 0.2) is 0 Å². The number of rotatable bonds is 4. The fourth-order valence-corrected chi connectivity index (χ4v) is 3.71. The summed E-state index contributed by atoms with van der Waals surface area (Å²) in [5.41, 5.74) is -0.595. The molecule has 2 fully saturated rings. The van der Waals surface area contributed by atoms with Gasteiger partial charge >= 0.3 is 0 Å². The van der Waals surface area contributed by atoms with Crippen molar-refractivity contribution in [3.8, 4) is 6.07 Å². The Bertz CT molecular complexity index is 380. The first-order valence-electron chi connectivity index (χ1n) is 8.03. The van der Waals surface area contributed by atoms with Crippen LogP contribution in [-0.4, -0.2) is 35.5 Å². The predicted molar refractivity (Wildman–Crippen MR) is 79.0 cm³/mol. The zero-order chi connectivity index (χ0) is 14.6. The second-order valence-corrected chi connectivity index (χ2v) is 6.73. The van der Waals surface area contributed by atoms with E-state index in [0.29, 0.717) is 18.5 Å². The molecule has 4 heteroatoms. The molecule has 0 aromatic carbocycles. The second-order valence-electron chi connectivity index (χ2n) is 6.73. The minimum atomic E-state index is -0.595. The summed E-state index contributed by atoms with van der Waals surface area (Å²) in [5.74, 6) is 0.617. The molecule has 1 heterocycles. The van der Waals surface area contributed by atoms with Gasteiger partial charge in [-0.1, -0.05) is 33.1 Å². The number of nitrogens with zero attached hydrogens (tertiary/aromatic N) is 2. The lowest BCUT2D eigenvalue weighted by molar-refractivity contribution is -0.124. The number of hydrogen-bond donors (Lipinski definition) is 1. The van der Waals surface area contributed by atoms with E-state index in [0.717, 1.165) is 32.2 Å². The van der Waals surface area contributed by atoms with Gasteiger partial charge in [0.25, 0.3) is 0 Å². The topological polar surface area (TPSA) is 56.1 Å². The summed E-state index contributed by atoms with van der Waals surface area (Å²) in [5, 5.41) is 12.4. The third-order valence-electron chi connectivity index (χ3n) is 4.83. The minimum absolute atomic E-state index is 0.0287. The van der Waals surface area contributed by atoms with Crippen LogP contribution in [0.5, 0.6) is 0 Å². The molecule has 20 heavy (non-hydrogen) atoms. The van der Waals surface area contributed by atoms with Crippen molar-refractivity contribution in [1.29, 1.82) is 5.26 Å². The minimum Gasteiger partial charge on any atom is -0.337 e. The van der Waals surface area contributed by atoms with Crippen LogP contribution in [-0.2, 0) is 4.79 Å². The van der Waals surface area contributed by atoms with Crippen LogP contribution in [0.1, 0.15) is 58.8 Å². The maximum atomic E-state index is 12.3. The molecule has 1 saturated carbocycles. The van der Waals surface area contributed by atoms with E-state index in [2.05, 4.69) is 30.1 Å². The zero-order valence-corrected chi connectivity index (χ0v) is 12.8. The van der Waals surface area contributed by atoms with Crippen LogP contribution in [0, 0.1) is 17.2 Å². The molecule has 112 valence electrons. The molecule has 1 aliphatic heterocycles. The number of amides is 1. The molecular formula is C16H27N3O. The monoisotopic (exact) mass is 277 g/mol. The van der Waals surface area contributed by atoms with Crippen molar-refractivity contribution in [3.05, 3.63) is 0 Å². The lowest BCUT2D eigenvalue weighted by atomic mass is 9.83. The first-order chi connectivity index (χ1) is 9.56. The van der Waals surface area contributed by atoms with Gasteiger partial charge in [0.1, 0.15) is 5.54 Å². The van der Waals surface area contributed by atoms with Gasteiger partial charge in [-0.2, -0.15) is 5.26 Å². The van der Waals surface area contributed by atoms with E-state index in [1.54, 1.807) is 0 Å². The smallest absolute Gasteiger partial charge is 0.235 e. The zero-order valence-electron chi connectivity index (χ0n) is 12.8. The predicted octanol–water partition coefficient (Wildman–Crippen LogP) is 2.45. The van der Waals surface area contributed by atoms with Crippen molar-refractivity contribution in [3.63, 3.8) is 0 Å². The fraction of sp³-hybridized carbons (Fsp3) is 0.875. The summed E-state index contributed by atoms with van der Waals surface area (Å²) < 4.78 is 0. The van der Waals surface area contributed by atoms with Gasteiger partial charge in [0.2, 0.25) is 5.91 Å². The van der Waals surface area contributed by atoms with Gasteiger partial charge < -0.3 is 5.32 Å². The van der Waals surface area contributed by atoms with E-state index >= 15 is 0 Å². The molecule has 1 unspecified atom stereocenters. The van der Waals surface area contributed by atoms with E-state index in [4.69, 9.17) is 0 Å². The average Bonchev–Trinajstić information content (AvgIpc) is 2.88. The molecule has 1 N–H and O–H groups in total. The van der Waals surface area contributed by atoms with E-state index in [1.807, 2.05) is 0 Å². The average molecular weight is 277 g/mol. The molecule has 4 nitrogen and oxygen atoms in total. The molecule has 0 bridgehead atoms. The molecule has 2 rings (SSSR count).